The van der Waals surface area contributed by atoms with E-state index in [1.807, 2.05) is 18.2 Å². The summed E-state index contributed by atoms with van der Waals surface area (Å²) in [5.74, 6) is 0. The molecule has 0 bridgehead atoms. The number of allylic oxidation sites excluding steroid dienone is 1. The number of hydrogen-bond acceptors (Lipinski definition) is 2. The molecule has 0 aliphatic rings. The predicted octanol–water partition coefficient (Wildman–Crippen LogP) is 3.70. The summed E-state index contributed by atoms with van der Waals surface area (Å²) in [7, 11) is 0. The van der Waals surface area contributed by atoms with Crippen molar-refractivity contribution in [3.63, 3.8) is 0 Å². The molecule has 0 radical (unpaired) electrons. The number of benzene rings is 1. The SMILES string of the molecule is C=C(CBr)c1nc2ccccc2s1. The molecule has 2 rings (SSSR count). The topological polar surface area (TPSA) is 12.9 Å². The van der Waals surface area contributed by atoms with Gasteiger partial charge in [0.05, 0.1) is 10.2 Å². The summed E-state index contributed by atoms with van der Waals surface area (Å²) in [5, 5.41) is 1.81. The molecular formula is C10H8BrNS. The molecule has 3 heteroatoms. The quantitative estimate of drug-likeness (QED) is 0.744. The van der Waals surface area contributed by atoms with E-state index >= 15 is 0 Å². The summed E-state index contributed by atoms with van der Waals surface area (Å²) >= 11 is 5.07. The Hall–Kier alpha value is -0.670. The van der Waals surface area contributed by atoms with Crippen molar-refractivity contribution in [3.8, 4) is 0 Å². The maximum atomic E-state index is 4.47. The normalized spacial score (nSPS) is 10.5. The van der Waals surface area contributed by atoms with E-state index in [1.54, 1.807) is 11.3 Å². The molecule has 0 N–H and O–H groups in total. The minimum atomic E-state index is 0.785. The molecule has 0 amide bonds. The maximum absolute atomic E-state index is 4.47. The van der Waals surface area contributed by atoms with Crippen LogP contribution < -0.4 is 0 Å². The molecule has 0 aliphatic carbocycles. The lowest BCUT2D eigenvalue weighted by Gasteiger charge is -1.91. The first-order chi connectivity index (χ1) is 6.31. The Labute approximate surface area is 89.2 Å². The van der Waals surface area contributed by atoms with Crippen LogP contribution >= 0.6 is 27.3 Å². The molecule has 1 aromatic heterocycles. The largest absolute Gasteiger partial charge is 0.236 e. The molecule has 66 valence electrons. The zero-order valence-corrected chi connectivity index (χ0v) is 9.36. The number of fused-ring (bicyclic) bond motifs is 1. The van der Waals surface area contributed by atoms with Crippen molar-refractivity contribution in [2.24, 2.45) is 0 Å². The minimum Gasteiger partial charge on any atom is -0.236 e. The summed E-state index contributed by atoms with van der Waals surface area (Å²) in [4.78, 5) is 4.47. The first kappa shape index (κ1) is 8.91. The Morgan fingerprint density at radius 1 is 1.46 bits per heavy atom. The predicted molar refractivity (Wildman–Crippen MR) is 62.4 cm³/mol. The third kappa shape index (κ3) is 1.67. The number of aromatic nitrogens is 1. The third-order valence-electron chi connectivity index (χ3n) is 1.76. The van der Waals surface area contributed by atoms with Crippen molar-refractivity contribution >= 4 is 43.1 Å². The Balaban J connectivity index is 2.56. The molecule has 0 saturated carbocycles. The van der Waals surface area contributed by atoms with Gasteiger partial charge in [0.15, 0.2) is 0 Å². The van der Waals surface area contributed by atoms with Crippen LogP contribution in [0.25, 0.3) is 15.8 Å². The lowest BCUT2D eigenvalue weighted by Crippen LogP contribution is -1.79. The van der Waals surface area contributed by atoms with Gasteiger partial charge in [0.2, 0.25) is 0 Å². The van der Waals surface area contributed by atoms with Crippen LogP contribution in [-0.4, -0.2) is 10.3 Å². The second-order valence-electron chi connectivity index (χ2n) is 2.72. The molecule has 1 heterocycles. The average molecular weight is 254 g/mol. The molecule has 1 nitrogen and oxygen atoms in total. The van der Waals surface area contributed by atoms with Crippen molar-refractivity contribution in [2.45, 2.75) is 0 Å². The van der Waals surface area contributed by atoms with Gasteiger partial charge in [0, 0.05) is 5.33 Å². The van der Waals surface area contributed by atoms with E-state index in [0.717, 1.165) is 21.4 Å². The first-order valence-electron chi connectivity index (χ1n) is 3.91. The highest BCUT2D eigenvalue weighted by Crippen LogP contribution is 2.26. The summed E-state index contributed by atoms with van der Waals surface area (Å²) in [6.45, 7) is 3.94. The fraction of sp³-hybridized carbons (Fsp3) is 0.100. The number of alkyl halides is 1. The highest BCUT2D eigenvalue weighted by Gasteiger charge is 2.04. The van der Waals surface area contributed by atoms with Gasteiger partial charge >= 0.3 is 0 Å². The van der Waals surface area contributed by atoms with E-state index in [1.165, 1.54) is 4.70 Å². The van der Waals surface area contributed by atoms with Gasteiger partial charge < -0.3 is 0 Å². The van der Waals surface area contributed by atoms with Gasteiger partial charge in [0.25, 0.3) is 0 Å². The number of rotatable bonds is 2. The lowest BCUT2D eigenvalue weighted by atomic mass is 10.3. The molecule has 13 heavy (non-hydrogen) atoms. The Morgan fingerprint density at radius 3 is 2.92 bits per heavy atom. The zero-order valence-electron chi connectivity index (χ0n) is 6.96. The van der Waals surface area contributed by atoms with Gasteiger partial charge in [-0.2, -0.15) is 0 Å². The number of hydrogen-bond donors (Lipinski definition) is 0. The van der Waals surface area contributed by atoms with E-state index < -0.39 is 0 Å². The molecule has 1 aromatic carbocycles. The summed E-state index contributed by atoms with van der Waals surface area (Å²) in [5.41, 5.74) is 2.10. The van der Waals surface area contributed by atoms with E-state index in [4.69, 9.17) is 0 Å². The molecule has 0 atom stereocenters. The van der Waals surface area contributed by atoms with E-state index in [9.17, 15) is 0 Å². The van der Waals surface area contributed by atoms with Crippen molar-refractivity contribution in [2.75, 3.05) is 5.33 Å². The zero-order chi connectivity index (χ0) is 9.26. The molecule has 0 spiro atoms. The van der Waals surface area contributed by atoms with Crippen molar-refractivity contribution in [3.05, 3.63) is 35.9 Å². The second kappa shape index (κ2) is 3.60. The Morgan fingerprint density at radius 2 is 2.23 bits per heavy atom. The van der Waals surface area contributed by atoms with Gasteiger partial charge in [-0.3, -0.25) is 0 Å². The average Bonchev–Trinajstić information content (AvgIpc) is 2.59. The van der Waals surface area contributed by atoms with Crippen LogP contribution in [0.3, 0.4) is 0 Å². The molecule has 0 aliphatic heterocycles. The molecule has 0 fully saturated rings. The summed E-state index contributed by atoms with van der Waals surface area (Å²) < 4.78 is 1.22. The van der Waals surface area contributed by atoms with Crippen molar-refractivity contribution in [1.29, 1.82) is 0 Å². The maximum Gasteiger partial charge on any atom is 0.120 e. The van der Waals surface area contributed by atoms with Gasteiger partial charge in [-0.1, -0.05) is 34.6 Å². The molecule has 0 saturated heterocycles. The van der Waals surface area contributed by atoms with Crippen LogP contribution in [0.2, 0.25) is 0 Å². The van der Waals surface area contributed by atoms with Crippen LogP contribution in [0.1, 0.15) is 5.01 Å². The van der Waals surface area contributed by atoms with Crippen molar-refractivity contribution < 1.29 is 0 Å². The Bertz CT molecular complexity index is 414. The first-order valence-corrected chi connectivity index (χ1v) is 5.85. The molecule has 2 aromatic rings. The fourth-order valence-electron chi connectivity index (χ4n) is 1.08. The van der Waals surface area contributed by atoms with Crippen LogP contribution in [0.5, 0.6) is 0 Å². The van der Waals surface area contributed by atoms with Crippen LogP contribution in [0.4, 0.5) is 0 Å². The van der Waals surface area contributed by atoms with Gasteiger partial charge in [-0.05, 0) is 17.7 Å². The van der Waals surface area contributed by atoms with Gasteiger partial charge in [0.1, 0.15) is 5.01 Å². The molecule has 0 unspecified atom stereocenters. The number of thiazole rings is 1. The standard InChI is InChI=1S/C10H8BrNS/c1-7(6-11)10-12-8-4-2-3-5-9(8)13-10/h2-5H,1,6H2. The van der Waals surface area contributed by atoms with Crippen LogP contribution in [-0.2, 0) is 0 Å². The van der Waals surface area contributed by atoms with E-state index in [0.29, 0.717) is 0 Å². The number of nitrogens with zero attached hydrogens (tertiary/aromatic N) is 1. The number of halogens is 1. The highest BCUT2D eigenvalue weighted by atomic mass is 79.9. The smallest absolute Gasteiger partial charge is 0.120 e. The summed E-state index contributed by atoms with van der Waals surface area (Å²) in [6.07, 6.45) is 0. The summed E-state index contributed by atoms with van der Waals surface area (Å²) in [6, 6.07) is 8.14. The van der Waals surface area contributed by atoms with Gasteiger partial charge in [-0.15, -0.1) is 11.3 Å². The van der Waals surface area contributed by atoms with Crippen LogP contribution in [0, 0.1) is 0 Å². The van der Waals surface area contributed by atoms with E-state index in [-0.39, 0.29) is 0 Å². The fourth-order valence-corrected chi connectivity index (χ4v) is 2.47. The minimum absolute atomic E-state index is 0.785. The van der Waals surface area contributed by atoms with E-state index in [2.05, 4.69) is 33.6 Å². The lowest BCUT2D eigenvalue weighted by molar-refractivity contribution is 1.43. The number of para-hydroxylation sites is 1. The van der Waals surface area contributed by atoms with Gasteiger partial charge in [-0.25, -0.2) is 4.98 Å². The highest BCUT2D eigenvalue weighted by molar-refractivity contribution is 9.09. The van der Waals surface area contributed by atoms with Crippen LogP contribution in [0.15, 0.2) is 30.8 Å². The molecular weight excluding hydrogens is 246 g/mol. The second-order valence-corrected chi connectivity index (χ2v) is 4.32. The third-order valence-corrected chi connectivity index (χ3v) is 3.57. The monoisotopic (exact) mass is 253 g/mol. The van der Waals surface area contributed by atoms with Crippen molar-refractivity contribution in [1.82, 2.24) is 4.98 Å². The Kier molecular flexibility index (Phi) is 2.47.